The Morgan fingerprint density at radius 2 is 1.82 bits per heavy atom. The van der Waals surface area contributed by atoms with Gasteiger partial charge in [0.2, 0.25) is 0 Å². The van der Waals surface area contributed by atoms with Gasteiger partial charge in [0.25, 0.3) is 5.91 Å². The van der Waals surface area contributed by atoms with Gasteiger partial charge in [0.15, 0.2) is 5.11 Å². The van der Waals surface area contributed by atoms with Crippen molar-refractivity contribution in [2.45, 2.75) is 6.92 Å². The Labute approximate surface area is 137 Å². The first-order valence-electron chi connectivity index (χ1n) is 6.35. The Hall–Kier alpha value is -2.18. The van der Waals surface area contributed by atoms with E-state index in [9.17, 15) is 9.18 Å². The number of anilines is 1. The van der Waals surface area contributed by atoms with Crippen LogP contribution in [0.25, 0.3) is 0 Å². The predicted octanol–water partition coefficient (Wildman–Crippen LogP) is 3.42. The number of hydrogen-bond donors (Lipinski definition) is 3. The van der Waals surface area contributed by atoms with E-state index in [1.54, 1.807) is 31.2 Å². The third-order valence-corrected chi connectivity index (χ3v) is 3.28. The molecule has 0 aromatic heterocycles. The SMILES string of the molecule is Cc1ccc(C(=O)NNC(=S)Nc2ccc(Cl)cc2)cc1F. The molecule has 0 atom stereocenters. The lowest BCUT2D eigenvalue weighted by atomic mass is 10.1. The van der Waals surface area contributed by atoms with Crippen molar-refractivity contribution in [3.63, 3.8) is 0 Å². The summed E-state index contributed by atoms with van der Waals surface area (Å²) >= 11 is 10.8. The number of benzene rings is 2. The molecule has 2 aromatic carbocycles. The Balaban J connectivity index is 1.88. The number of hydrogen-bond acceptors (Lipinski definition) is 2. The van der Waals surface area contributed by atoms with Crippen molar-refractivity contribution in [3.05, 3.63) is 64.4 Å². The molecule has 0 aliphatic carbocycles. The van der Waals surface area contributed by atoms with Gasteiger partial charge in [-0.1, -0.05) is 17.7 Å². The number of carbonyl (C=O) groups is 1. The molecular weight excluding hydrogens is 325 g/mol. The zero-order valence-corrected chi connectivity index (χ0v) is 13.2. The highest BCUT2D eigenvalue weighted by atomic mass is 35.5. The number of carbonyl (C=O) groups excluding carboxylic acids is 1. The summed E-state index contributed by atoms with van der Waals surface area (Å²) in [5, 5.41) is 3.68. The fourth-order valence-electron chi connectivity index (χ4n) is 1.62. The van der Waals surface area contributed by atoms with Gasteiger partial charge in [-0.25, -0.2) is 4.39 Å². The van der Waals surface area contributed by atoms with E-state index in [0.717, 1.165) is 5.69 Å². The summed E-state index contributed by atoms with van der Waals surface area (Å²) < 4.78 is 13.4. The monoisotopic (exact) mass is 337 g/mol. The molecule has 0 aliphatic rings. The second-order valence-electron chi connectivity index (χ2n) is 4.50. The largest absolute Gasteiger partial charge is 0.331 e. The molecule has 0 saturated heterocycles. The molecule has 2 aromatic rings. The van der Waals surface area contributed by atoms with Crippen LogP contribution in [0.15, 0.2) is 42.5 Å². The van der Waals surface area contributed by atoms with Crippen molar-refractivity contribution in [2.75, 3.05) is 5.32 Å². The first-order valence-corrected chi connectivity index (χ1v) is 7.13. The number of rotatable bonds is 2. The Kier molecular flexibility index (Phi) is 5.30. The summed E-state index contributed by atoms with van der Waals surface area (Å²) in [7, 11) is 0. The molecule has 22 heavy (non-hydrogen) atoms. The van der Waals surface area contributed by atoms with Crippen LogP contribution in [0.4, 0.5) is 10.1 Å². The molecule has 0 fully saturated rings. The summed E-state index contributed by atoms with van der Waals surface area (Å²) in [5.74, 6) is -0.923. The molecule has 1 amide bonds. The molecule has 0 bridgehead atoms. The quantitative estimate of drug-likeness (QED) is 0.580. The second-order valence-corrected chi connectivity index (χ2v) is 5.35. The van der Waals surface area contributed by atoms with E-state index >= 15 is 0 Å². The molecule has 0 unspecified atom stereocenters. The van der Waals surface area contributed by atoms with Crippen LogP contribution in [0.2, 0.25) is 5.02 Å². The lowest BCUT2D eigenvalue weighted by Crippen LogP contribution is -2.43. The van der Waals surface area contributed by atoms with E-state index in [4.69, 9.17) is 23.8 Å². The Morgan fingerprint density at radius 1 is 1.14 bits per heavy atom. The van der Waals surface area contributed by atoms with Gasteiger partial charge < -0.3 is 5.32 Å². The third kappa shape index (κ3) is 4.41. The molecule has 114 valence electrons. The van der Waals surface area contributed by atoms with Gasteiger partial charge in [-0.15, -0.1) is 0 Å². The van der Waals surface area contributed by atoms with Crippen molar-refractivity contribution in [1.82, 2.24) is 10.9 Å². The van der Waals surface area contributed by atoms with Crippen molar-refractivity contribution in [3.8, 4) is 0 Å². The average Bonchev–Trinajstić information content (AvgIpc) is 2.50. The highest BCUT2D eigenvalue weighted by Crippen LogP contribution is 2.13. The van der Waals surface area contributed by atoms with Gasteiger partial charge in [0.05, 0.1) is 0 Å². The normalized spacial score (nSPS) is 9.95. The van der Waals surface area contributed by atoms with Gasteiger partial charge in [-0.3, -0.25) is 15.6 Å². The van der Waals surface area contributed by atoms with Crippen LogP contribution < -0.4 is 16.2 Å². The second kappa shape index (κ2) is 7.20. The average molecular weight is 338 g/mol. The van der Waals surface area contributed by atoms with E-state index in [1.165, 1.54) is 18.2 Å². The van der Waals surface area contributed by atoms with Crippen LogP contribution in [0, 0.1) is 12.7 Å². The highest BCUT2D eigenvalue weighted by Gasteiger charge is 2.08. The molecule has 7 heteroatoms. The van der Waals surface area contributed by atoms with E-state index in [2.05, 4.69) is 16.2 Å². The number of hydrazine groups is 1. The van der Waals surface area contributed by atoms with Gasteiger partial charge in [0, 0.05) is 16.3 Å². The van der Waals surface area contributed by atoms with Gasteiger partial charge in [-0.2, -0.15) is 0 Å². The number of nitrogens with one attached hydrogen (secondary N) is 3. The molecule has 0 aliphatic heterocycles. The topological polar surface area (TPSA) is 53.2 Å². The molecule has 0 heterocycles. The summed E-state index contributed by atoms with van der Waals surface area (Å²) in [5.41, 5.74) is 6.33. The number of amides is 1. The Morgan fingerprint density at radius 3 is 2.45 bits per heavy atom. The molecule has 4 nitrogen and oxygen atoms in total. The van der Waals surface area contributed by atoms with Crippen LogP contribution in [0.1, 0.15) is 15.9 Å². The zero-order chi connectivity index (χ0) is 16.1. The predicted molar refractivity (Wildman–Crippen MR) is 89.4 cm³/mol. The Bertz CT molecular complexity index is 706. The molecule has 0 spiro atoms. The molecule has 3 N–H and O–H groups in total. The first-order chi connectivity index (χ1) is 10.5. The maximum Gasteiger partial charge on any atom is 0.269 e. The summed E-state index contributed by atoms with van der Waals surface area (Å²) in [6, 6.07) is 11.1. The highest BCUT2D eigenvalue weighted by molar-refractivity contribution is 7.80. The van der Waals surface area contributed by atoms with Crippen molar-refractivity contribution >= 4 is 40.5 Å². The maximum absolute atomic E-state index is 13.4. The van der Waals surface area contributed by atoms with Crippen molar-refractivity contribution in [2.24, 2.45) is 0 Å². The van der Waals surface area contributed by atoms with Crippen LogP contribution in [-0.4, -0.2) is 11.0 Å². The summed E-state index contributed by atoms with van der Waals surface area (Å²) in [4.78, 5) is 11.9. The van der Waals surface area contributed by atoms with E-state index in [-0.39, 0.29) is 10.7 Å². The van der Waals surface area contributed by atoms with Crippen LogP contribution in [-0.2, 0) is 0 Å². The van der Waals surface area contributed by atoms with E-state index in [0.29, 0.717) is 10.6 Å². The minimum absolute atomic E-state index is 0.197. The third-order valence-electron chi connectivity index (χ3n) is 2.83. The van der Waals surface area contributed by atoms with E-state index in [1.807, 2.05) is 0 Å². The molecule has 0 saturated carbocycles. The van der Waals surface area contributed by atoms with Crippen molar-refractivity contribution < 1.29 is 9.18 Å². The van der Waals surface area contributed by atoms with Crippen LogP contribution in [0.5, 0.6) is 0 Å². The molecule has 0 radical (unpaired) electrons. The zero-order valence-electron chi connectivity index (χ0n) is 11.6. The van der Waals surface area contributed by atoms with Gasteiger partial charge in [0.1, 0.15) is 5.82 Å². The maximum atomic E-state index is 13.4. The van der Waals surface area contributed by atoms with Gasteiger partial charge >= 0.3 is 0 Å². The summed E-state index contributed by atoms with van der Waals surface area (Å²) in [6.45, 7) is 1.63. The van der Waals surface area contributed by atoms with Crippen LogP contribution >= 0.6 is 23.8 Å². The number of aryl methyl sites for hydroxylation is 1. The minimum Gasteiger partial charge on any atom is -0.331 e. The summed E-state index contributed by atoms with van der Waals surface area (Å²) in [6.07, 6.45) is 0. The molecular formula is C15H13ClFN3OS. The van der Waals surface area contributed by atoms with E-state index < -0.39 is 11.7 Å². The first kappa shape index (κ1) is 16.2. The number of halogens is 2. The standard InChI is InChI=1S/C15H13ClFN3OS/c1-9-2-3-10(8-13(9)17)14(21)19-20-15(22)18-12-6-4-11(16)5-7-12/h2-8H,1H3,(H,19,21)(H2,18,20,22). The fourth-order valence-corrected chi connectivity index (χ4v) is 1.91. The smallest absolute Gasteiger partial charge is 0.269 e. The fraction of sp³-hybridized carbons (Fsp3) is 0.0667. The lowest BCUT2D eigenvalue weighted by molar-refractivity contribution is 0.0943. The van der Waals surface area contributed by atoms with Crippen molar-refractivity contribution in [1.29, 1.82) is 0 Å². The lowest BCUT2D eigenvalue weighted by Gasteiger charge is -2.12. The minimum atomic E-state index is -0.487. The molecule has 2 rings (SSSR count). The number of thiocarbonyl (C=S) groups is 1. The van der Waals surface area contributed by atoms with Crippen LogP contribution in [0.3, 0.4) is 0 Å². The van der Waals surface area contributed by atoms with Gasteiger partial charge in [-0.05, 0) is 61.1 Å².